The van der Waals surface area contributed by atoms with Crippen LogP contribution in [-0.2, 0) is 4.74 Å². The summed E-state index contributed by atoms with van der Waals surface area (Å²) in [6, 6.07) is 0. The van der Waals surface area contributed by atoms with Gasteiger partial charge in [-0.1, -0.05) is 0 Å². The van der Waals surface area contributed by atoms with E-state index in [-0.39, 0.29) is 0 Å². The molecule has 0 unspecified atom stereocenters. The largest absolute Gasteiger partial charge is 0.394 e. The molecule has 4 atom stereocenters. The molecule has 100 valence electrons. The van der Waals surface area contributed by atoms with Crippen molar-refractivity contribution in [3.63, 3.8) is 0 Å². The summed E-state index contributed by atoms with van der Waals surface area (Å²) in [5.74, 6) is -1.52. The topological polar surface area (TPSA) is 131 Å². The van der Waals surface area contributed by atoms with Crippen LogP contribution in [-0.4, -0.2) is 49.8 Å². The van der Waals surface area contributed by atoms with Gasteiger partial charge in [-0.3, -0.25) is 4.57 Å². The van der Waals surface area contributed by atoms with Crippen LogP contribution in [0.5, 0.6) is 0 Å². The summed E-state index contributed by atoms with van der Waals surface area (Å²) in [4.78, 5) is 14.7. The monoisotopic (exact) mass is 261 g/mol. The molecule has 0 aliphatic carbocycles. The molecular weight excluding hydrogens is 249 g/mol. The zero-order valence-corrected chi connectivity index (χ0v) is 9.10. The van der Waals surface area contributed by atoms with Crippen LogP contribution in [0.3, 0.4) is 0 Å². The molecule has 9 heteroatoms. The van der Waals surface area contributed by atoms with Crippen LogP contribution in [0.1, 0.15) is 6.23 Å². The van der Waals surface area contributed by atoms with Crippen LogP contribution in [0.25, 0.3) is 0 Å². The Labute approximate surface area is 100 Å². The quantitative estimate of drug-likeness (QED) is 0.465. The number of anilines is 1. The lowest BCUT2D eigenvalue weighted by molar-refractivity contribution is -0.0553. The van der Waals surface area contributed by atoms with Crippen molar-refractivity contribution in [3.05, 3.63) is 22.5 Å². The minimum absolute atomic E-state index is 0.547. The predicted molar refractivity (Wildman–Crippen MR) is 55.9 cm³/mol. The molecular formula is C9H12FN3O5. The Morgan fingerprint density at radius 2 is 2.17 bits per heavy atom. The molecule has 18 heavy (non-hydrogen) atoms. The van der Waals surface area contributed by atoms with Gasteiger partial charge >= 0.3 is 5.69 Å². The highest BCUT2D eigenvalue weighted by Crippen LogP contribution is 2.28. The summed E-state index contributed by atoms with van der Waals surface area (Å²) in [5.41, 5.74) is 4.18. The molecule has 0 bridgehead atoms. The van der Waals surface area contributed by atoms with Gasteiger partial charge in [-0.25, -0.2) is 9.18 Å². The molecule has 0 amide bonds. The molecule has 8 nitrogen and oxygen atoms in total. The molecule has 0 aromatic carbocycles. The number of nitrogens with two attached hydrogens (primary N) is 1. The lowest BCUT2D eigenvalue weighted by Crippen LogP contribution is -2.36. The number of aromatic nitrogens is 2. The molecule has 0 saturated carbocycles. The van der Waals surface area contributed by atoms with Crippen LogP contribution >= 0.6 is 0 Å². The van der Waals surface area contributed by atoms with Crippen molar-refractivity contribution in [2.45, 2.75) is 24.5 Å². The first-order chi connectivity index (χ1) is 8.45. The van der Waals surface area contributed by atoms with Crippen LogP contribution < -0.4 is 11.4 Å². The van der Waals surface area contributed by atoms with E-state index in [0.717, 1.165) is 6.20 Å². The summed E-state index contributed by atoms with van der Waals surface area (Å²) in [7, 11) is 0. The average Bonchev–Trinajstić information content (AvgIpc) is 2.61. The highest BCUT2D eigenvalue weighted by molar-refractivity contribution is 5.26. The maximum atomic E-state index is 13.2. The second-order valence-electron chi connectivity index (χ2n) is 3.89. The molecule has 1 fully saturated rings. The number of hydrogen-bond donors (Lipinski definition) is 4. The molecule has 1 aliphatic heterocycles. The second kappa shape index (κ2) is 4.61. The third-order valence-electron chi connectivity index (χ3n) is 2.73. The van der Waals surface area contributed by atoms with Gasteiger partial charge in [-0.15, -0.1) is 0 Å². The van der Waals surface area contributed by atoms with E-state index in [1.165, 1.54) is 0 Å². The van der Waals surface area contributed by atoms with Crippen molar-refractivity contribution in [3.8, 4) is 0 Å². The standard InChI is InChI=1S/C9H12FN3O5/c10-3-1-13(9(17)12-7(3)11)8-6(16)5(15)4(2-14)18-8/h1,4-6,8,14-16H,2H2,(H2,11,12,17)/t4-,5-,6-,8-/m0/s1. The minimum Gasteiger partial charge on any atom is -0.394 e. The fourth-order valence-electron chi connectivity index (χ4n) is 1.75. The van der Waals surface area contributed by atoms with Gasteiger partial charge < -0.3 is 25.8 Å². The van der Waals surface area contributed by atoms with E-state index in [2.05, 4.69) is 4.98 Å². The Morgan fingerprint density at radius 1 is 1.50 bits per heavy atom. The number of halogens is 1. The molecule has 1 aliphatic rings. The second-order valence-corrected chi connectivity index (χ2v) is 3.89. The fraction of sp³-hybridized carbons (Fsp3) is 0.556. The van der Waals surface area contributed by atoms with Crippen molar-refractivity contribution in [2.24, 2.45) is 0 Å². The highest BCUT2D eigenvalue weighted by atomic mass is 19.1. The Hall–Kier alpha value is -1.55. The number of nitrogen functional groups attached to an aromatic ring is 1. The Kier molecular flexibility index (Phi) is 3.30. The number of rotatable bonds is 2. The molecule has 5 N–H and O–H groups in total. The Balaban J connectivity index is 2.39. The van der Waals surface area contributed by atoms with Crippen LogP contribution in [0, 0.1) is 5.82 Å². The number of aliphatic hydroxyl groups excluding tert-OH is 3. The third kappa shape index (κ3) is 1.97. The first-order valence-electron chi connectivity index (χ1n) is 5.12. The van der Waals surface area contributed by atoms with Crippen LogP contribution in [0.15, 0.2) is 11.0 Å². The fourth-order valence-corrected chi connectivity index (χ4v) is 1.75. The van der Waals surface area contributed by atoms with E-state index in [1.54, 1.807) is 0 Å². The van der Waals surface area contributed by atoms with Gasteiger partial charge in [0.2, 0.25) is 0 Å². The van der Waals surface area contributed by atoms with Gasteiger partial charge in [0, 0.05) is 0 Å². The van der Waals surface area contributed by atoms with Crippen molar-refractivity contribution in [1.82, 2.24) is 9.55 Å². The third-order valence-corrected chi connectivity index (χ3v) is 2.73. The van der Waals surface area contributed by atoms with E-state index >= 15 is 0 Å². The maximum Gasteiger partial charge on any atom is 0.351 e. The van der Waals surface area contributed by atoms with E-state index in [9.17, 15) is 19.4 Å². The summed E-state index contributed by atoms with van der Waals surface area (Å²) >= 11 is 0. The smallest absolute Gasteiger partial charge is 0.351 e. The summed E-state index contributed by atoms with van der Waals surface area (Å²) in [6.07, 6.45) is -4.52. The predicted octanol–water partition coefficient (Wildman–Crippen LogP) is -2.42. The van der Waals surface area contributed by atoms with E-state index < -0.39 is 48.5 Å². The minimum atomic E-state index is -1.48. The van der Waals surface area contributed by atoms with E-state index in [1.807, 2.05) is 0 Å². The van der Waals surface area contributed by atoms with E-state index in [4.69, 9.17) is 15.6 Å². The molecule has 2 rings (SSSR count). The number of hydrogen-bond acceptors (Lipinski definition) is 7. The molecule has 0 spiro atoms. The van der Waals surface area contributed by atoms with Crippen LogP contribution in [0.4, 0.5) is 10.2 Å². The number of nitrogens with zero attached hydrogens (tertiary/aromatic N) is 2. The Bertz CT molecular complexity index is 507. The first-order valence-corrected chi connectivity index (χ1v) is 5.12. The molecule has 1 aromatic rings. The van der Waals surface area contributed by atoms with Crippen molar-refractivity contribution in [1.29, 1.82) is 0 Å². The zero-order chi connectivity index (χ0) is 13.4. The SMILES string of the molecule is Nc1nc(=O)n([C@H]2O[C@@H](CO)[C@H](O)[C@@H]2O)cc1F. The summed E-state index contributed by atoms with van der Waals surface area (Å²) in [6.45, 7) is -0.547. The summed E-state index contributed by atoms with van der Waals surface area (Å²) < 4.78 is 19.0. The average molecular weight is 261 g/mol. The van der Waals surface area contributed by atoms with Crippen molar-refractivity contribution in [2.75, 3.05) is 12.3 Å². The van der Waals surface area contributed by atoms with Gasteiger partial charge in [-0.2, -0.15) is 4.98 Å². The first kappa shape index (κ1) is 12.9. The van der Waals surface area contributed by atoms with Crippen molar-refractivity contribution < 1.29 is 24.4 Å². The van der Waals surface area contributed by atoms with Gasteiger partial charge in [-0.05, 0) is 0 Å². The van der Waals surface area contributed by atoms with Gasteiger partial charge in [0.05, 0.1) is 12.8 Å². The van der Waals surface area contributed by atoms with E-state index in [0.29, 0.717) is 4.57 Å². The normalized spacial score (nSPS) is 31.8. The molecule has 2 heterocycles. The lowest BCUT2D eigenvalue weighted by Gasteiger charge is -2.17. The Morgan fingerprint density at radius 3 is 2.72 bits per heavy atom. The molecule has 0 radical (unpaired) electrons. The molecule has 1 aromatic heterocycles. The molecule has 1 saturated heterocycles. The number of ether oxygens (including phenoxy) is 1. The van der Waals surface area contributed by atoms with Crippen LogP contribution in [0.2, 0.25) is 0 Å². The lowest BCUT2D eigenvalue weighted by atomic mass is 10.1. The zero-order valence-electron chi connectivity index (χ0n) is 9.10. The number of aliphatic hydroxyl groups is 3. The van der Waals surface area contributed by atoms with Crippen molar-refractivity contribution >= 4 is 5.82 Å². The summed E-state index contributed by atoms with van der Waals surface area (Å²) in [5, 5.41) is 28.1. The van der Waals surface area contributed by atoms with Gasteiger partial charge in [0.15, 0.2) is 17.9 Å². The van der Waals surface area contributed by atoms with Gasteiger partial charge in [0.25, 0.3) is 0 Å². The maximum absolute atomic E-state index is 13.2. The van der Waals surface area contributed by atoms with Gasteiger partial charge in [0.1, 0.15) is 18.3 Å². The highest BCUT2D eigenvalue weighted by Gasteiger charge is 2.43.